The number of carbonyl (C=O) groups is 1. The summed E-state index contributed by atoms with van der Waals surface area (Å²) in [7, 11) is 0. The van der Waals surface area contributed by atoms with Crippen LogP contribution in [-0.2, 0) is 4.74 Å². The van der Waals surface area contributed by atoms with Crippen LogP contribution in [0.15, 0.2) is 18.2 Å². The maximum absolute atomic E-state index is 12.0. The standard InChI is InChI=1S/C15H22N2O3/c1-2-20-14-8-12(7-13(16)9-14)15(18)17-5-6-19-10-11-3-4-11/h7-9,11H,2-6,10,16H2,1H3,(H,17,18). The number of anilines is 1. The summed E-state index contributed by atoms with van der Waals surface area (Å²) < 4.78 is 10.8. The molecule has 1 amide bonds. The summed E-state index contributed by atoms with van der Waals surface area (Å²) in [6.45, 7) is 4.29. The van der Waals surface area contributed by atoms with Crippen LogP contribution in [0.25, 0.3) is 0 Å². The van der Waals surface area contributed by atoms with Gasteiger partial charge in [-0.15, -0.1) is 0 Å². The van der Waals surface area contributed by atoms with E-state index >= 15 is 0 Å². The highest BCUT2D eigenvalue weighted by Gasteiger charge is 2.20. The molecule has 20 heavy (non-hydrogen) atoms. The van der Waals surface area contributed by atoms with Gasteiger partial charge in [-0.25, -0.2) is 0 Å². The molecule has 5 nitrogen and oxygen atoms in total. The van der Waals surface area contributed by atoms with E-state index in [1.54, 1.807) is 18.2 Å². The van der Waals surface area contributed by atoms with Crippen LogP contribution < -0.4 is 15.8 Å². The highest BCUT2D eigenvalue weighted by Crippen LogP contribution is 2.28. The average molecular weight is 278 g/mol. The topological polar surface area (TPSA) is 73.6 Å². The molecule has 1 aliphatic carbocycles. The largest absolute Gasteiger partial charge is 0.494 e. The Kier molecular flexibility index (Phi) is 5.24. The fourth-order valence-corrected chi connectivity index (χ4v) is 1.88. The Labute approximate surface area is 119 Å². The molecule has 0 saturated heterocycles. The van der Waals surface area contributed by atoms with Crippen LogP contribution in [0.1, 0.15) is 30.1 Å². The fourth-order valence-electron chi connectivity index (χ4n) is 1.88. The Morgan fingerprint density at radius 3 is 2.90 bits per heavy atom. The second kappa shape index (κ2) is 7.14. The number of nitrogens with two attached hydrogens (primary N) is 1. The van der Waals surface area contributed by atoms with Gasteiger partial charge in [0.15, 0.2) is 0 Å². The van der Waals surface area contributed by atoms with Gasteiger partial charge in [0, 0.05) is 30.5 Å². The molecule has 1 aromatic carbocycles. The second-order valence-electron chi connectivity index (χ2n) is 5.00. The van der Waals surface area contributed by atoms with E-state index in [1.807, 2.05) is 6.92 Å². The fraction of sp³-hybridized carbons (Fsp3) is 0.533. The predicted octanol–water partition coefficient (Wildman–Crippen LogP) is 1.82. The molecule has 0 aliphatic heterocycles. The summed E-state index contributed by atoms with van der Waals surface area (Å²) in [6.07, 6.45) is 2.55. The van der Waals surface area contributed by atoms with Crippen molar-refractivity contribution in [1.82, 2.24) is 5.32 Å². The minimum atomic E-state index is -0.159. The number of ether oxygens (including phenoxy) is 2. The first kappa shape index (κ1) is 14.7. The van der Waals surface area contributed by atoms with Crippen molar-refractivity contribution >= 4 is 11.6 Å². The Bertz CT molecular complexity index is 458. The van der Waals surface area contributed by atoms with Gasteiger partial charge >= 0.3 is 0 Å². The van der Waals surface area contributed by atoms with Crippen LogP contribution in [-0.4, -0.2) is 32.3 Å². The number of benzene rings is 1. The second-order valence-corrected chi connectivity index (χ2v) is 5.00. The van der Waals surface area contributed by atoms with E-state index in [2.05, 4.69) is 5.32 Å². The normalized spacial score (nSPS) is 14.1. The predicted molar refractivity (Wildman–Crippen MR) is 77.9 cm³/mol. The first-order valence-corrected chi connectivity index (χ1v) is 7.08. The summed E-state index contributed by atoms with van der Waals surface area (Å²) in [5, 5.41) is 2.81. The quantitative estimate of drug-likeness (QED) is 0.562. The van der Waals surface area contributed by atoms with E-state index in [9.17, 15) is 4.79 Å². The van der Waals surface area contributed by atoms with E-state index in [4.69, 9.17) is 15.2 Å². The lowest BCUT2D eigenvalue weighted by molar-refractivity contribution is 0.0906. The molecule has 0 unspecified atom stereocenters. The van der Waals surface area contributed by atoms with Crippen LogP contribution >= 0.6 is 0 Å². The van der Waals surface area contributed by atoms with Gasteiger partial charge in [0.25, 0.3) is 5.91 Å². The first-order chi connectivity index (χ1) is 9.69. The zero-order valence-corrected chi connectivity index (χ0v) is 11.9. The van der Waals surface area contributed by atoms with Gasteiger partial charge in [0.2, 0.25) is 0 Å². The van der Waals surface area contributed by atoms with Gasteiger partial charge in [0.1, 0.15) is 5.75 Å². The van der Waals surface area contributed by atoms with Crippen molar-refractivity contribution in [3.8, 4) is 5.75 Å². The van der Waals surface area contributed by atoms with Gasteiger partial charge < -0.3 is 20.5 Å². The zero-order chi connectivity index (χ0) is 14.4. The van der Waals surface area contributed by atoms with E-state index < -0.39 is 0 Å². The molecule has 0 spiro atoms. The average Bonchev–Trinajstić information content (AvgIpc) is 3.22. The van der Waals surface area contributed by atoms with Crippen LogP contribution in [0.3, 0.4) is 0 Å². The Morgan fingerprint density at radius 1 is 1.40 bits per heavy atom. The molecular weight excluding hydrogens is 256 g/mol. The molecule has 1 saturated carbocycles. The maximum Gasteiger partial charge on any atom is 0.251 e. The molecule has 110 valence electrons. The van der Waals surface area contributed by atoms with Crippen LogP contribution in [0.2, 0.25) is 0 Å². The van der Waals surface area contributed by atoms with Gasteiger partial charge in [-0.2, -0.15) is 0 Å². The number of rotatable bonds is 8. The lowest BCUT2D eigenvalue weighted by atomic mass is 10.1. The van der Waals surface area contributed by atoms with Crippen molar-refractivity contribution in [3.05, 3.63) is 23.8 Å². The molecule has 0 aromatic heterocycles. The maximum atomic E-state index is 12.0. The molecule has 5 heteroatoms. The third kappa shape index (κ3) is 4.74. The van der Waals surface area contributed by atoms with Gasteiger partial charge in [0.05, 0.1) is 13.2 Å². The lowest BCUT2D eigenvalue weighted by Gasteiger charge is -2.09. The van der Waals surface area contributed by atoms with Gasteiger partial charge in [-0.1, -0.05) is 0 Å². The molecule has 1 aromatic rings. The monoisotopic (exact) mass is 278 g/mol. The van der Waals surface area contributed by atoms with Gasteiger partial charge in [-0.05, 0) is 37.8 Å². The highest BCUT2D eigenvalue weighted by atomic mass is 16.5. The Balaban J connectivity index is 1.78. The summed E-state index contributed by atoms with van der Waals surface area (Å²) in [5.74, 6) is 1.20. The number of amides is 1. The van der Waals surface area contributed by atoms with Crippen LogP contribution in [0, 0.1) is 5.92 Å². The smallest absolute Gasteiger partial charge is 0.251 e. The Hall–Kier alpha value is -1.75. The van der Waals surface area contributed by atoms with Gasteiger partial charge in [-0.3, -0.25) is 4.79 Å². The summed E-state index contributed by atoms with van der Waals surface area (Å²) in [5.41, 5.74) is 6.79. The third-order valence-electron chi connectivity index (χ3n) is 3.08. The number of nitrogen functional groups attached to an aromatic ring is 1. The molecule has 0 heterocycles. The van der Waals surface area contributed by atoms with Crippen molar-refractivity contribution in [2.75, 3.05) is 32.1 Å². The van der Waals surface area contributed by atoms with Crippen molar-refractivity contribution in [2.24, 2.45) is 5.92 Å². The van der Waals surface area contributed by atoms with E-state index in [0.717, 1.165) is 12.5 Å². The van der Waals surface area contributed by atoms with Crippen molar-refractivity contribution in [2.45, 2.75) is 19.8 Å². The molecule has 2 rings (SSSR count). The van der Waals surface area contributed by atoms with Crippen LogP contribution in [0.4, 0.5) is 5.69 Å². The number of hydrogen-bond acceptors (Lipinski definition) is 4. The minimum Gasteiger partial charge on any atom is -0.494 e. The SMILES string of the molecule is CCOc1cc(N)cc(C(=O)NCCOCC2CC2)c1. The zero-order valence-electron chi connectivity index (χ0n) is 11.9. The molecule has 1 fully saturated rings. The van der Waals surface area contributed by atoms with Crippen molar-refractivity contribution < 1.29 is 14.3 Å². The summed E-state index contributed by atoms with van der Waals surface area (Å²) in [4.78, 5) is 12.0. The number of hydrogen-bond donors (Lipinski definition) is 2. The molecule has 0 radical (unpaired) electrons. The van der Waals surface area contributed by atoms with Crippen LogP contribution in [0.5, 0.6) is 5.75 Å². The molecule has 0 bridgehead atoms. The number of nitrogens with one attached hydrogen (secondary N) is 1. The molecular formula is C15H22N2O3. The molecule has 0 atom stereocenters. The summed E-state index contributed by atoms with van der Waals surface area (Å²) >= 11 is 0. The highest BCUT2D eigenvalue weighted by molar-refractivity contribution is 5.95. The minimum absolute atomic E-state index is 0.159. The third-order valence-corrected chi connectivity index (χ3v) is 3.08. The first-order valence-electron chi connectivity index (χ1n) is 7.08. The molecule has 3 N–H and O–H groups in total. The number of carbonyl (C=O) groups excluding carboxylic acids is 1. The lowest BCUT2D eigenvalue weighted by Crippen LogP contribution is -2.27. The Morgan fingerprint density at radius 2 is 2.20 bits per heavy atom. The van der Waals surface area contributed by atoms with Crippen molar-refractivity contribution in [1.29, 1.82) is 0 Å². The van der Waals surface area contributed by atoms with E-state index in [-0.39, 0.29) is 5.91 Å². The van der Waals surface area contributed by atoms with E-state index in [0.29, 0.717) is 36.8 Å². The van der Waals surface area contributed by atoms with Crippen molar-refractivity contribution in [3.63, 3.8) is 0 Å². The molecule has 1 aliphatic rings. The summed E-state index contributed by atoms with van der Waals surface area (Å²) in [6, 6.07) is 5.04. The van der Waals surface area contributed by atoms with E-state index in [1.165, 1.54) is 12.8 Å².